The highest BCUT2D eigenvalue weighted by molar-refractivity contribution is 7.07. The van der Waals surface area contributed by atoms with Crippen LogP contribution >= 0.6 is 11.3 Å². The Hall–Kier alpha value is -2.99. The minimum absolute atomic E-state index is 0.0570. The fourth-order valence-corrected chi connectivity index (χ4v) is 3.93. The van der Waals surface area contributed by atoms with Gasteiger partial charge in [0.25, 0.3) is 0 Å². The molecule has 28 heavy (non-hydrogen) atoms. The molecule has 2 aromatic carbocycles. The summed E-state index contributed by atoms with van der Waals surface area (Å²) in [6.45, 7) is 6.14. The number of thiazole rings is 1. The second kappa shape index (κ2) is 7.56. The number of carbonyl (C=O) groups excluding carboxylic acids is 1. The van der Waals surface area contributed by atoms with E-state index >= 15 is 0 Å². The summed E-state index contributed by atoms with van der Waals surface area (Å²) in [7, 11) is 0. The Morgan fingerprint density at radius 3 is 2.54 bits per heavy atom. The van der Waals surface area contributed by atoms with Gasteiger partial charge in [-0.1, -0.05) is 43.7 Å². The molecule has 1 N–H and O–H groups in total. The van der Waals surface area contributed by atoms with Gasteiger partial charge in [0.2, 0.25) is 5.91 Å². The van der Waals surface area contributed by atoms with E-state index in [9.17, 15) is 4.79 Å². The Kier molecular flexibility index (Phi) is 4.96. The Balaban J connectivity index is 1.81. The smallest absolute Gasteiger partial charge is 0.247 e. The van der Waals surface area contributed by atoms with Gasteiger partial charge in [-0.2, -0.15) is 0 Å². The zero-order valence-electron chi connectivity index (χ0n) is 16.1. The van der Waals surface area contributed by atoms with Gasteiger partial charge in [0.1, 0.15) is 11.7 Å². The van der Waals surface area contributed by atoms with Crippen molar-refractivity contribution in [3.05, 3.63) is 65.0 Å². The third-order valence-corrected chi connectivity index (χ3v) is 5.34. The van der Waals surface area contributed by atoms with Crippen molar-refractivity contribution in [3.63, 3.8) is 0 Å². The van der Waals surface area contributed by atoms with Crippen LogP contribution in [-0.2, 0) is 4.79 Å². The van der Waals surface area contributed by atoms with E-state index in [-0.39, 0.29) is 11.8 Å². The van der Waals surface area contributed by atoms with Crippen LogP contribution < -0.4 is 5.32 Å². The molecule has 0 spiro atoms. The molecule has 5 nitrogen and oxygen atoms in total. The minimum Gasteiger partial charge on any atom is -0.324 e. The van der Waals surface area contributed by atoms with Crippen LogP contribution in [0.5, 0.6) is 0 Å². The van der Waals surface area contributed by atoms with Crippen LogP contribution in [0.2, 0.25) is 0 Å². The van der Waals surface area contributed by atoms with Gasteiger partial charge in [-0.15, -0.1) is 11.3 Å². The van der Waals surface area contributed by atoms with E-state index in [1.807, 2.05) is 65.4 Å². The maximum absolute atomic E-state index is 13.3. The van der Waals surface area contributed by atoms with Crippen LogP contribution in [0, 0.1) is 12.8 Å². The molecule has 142 valence electrons. The highest BCUT2D eigenvalue weighted by atomic mass is 32.1. The number of amides is 1. The normalized spacial score (nSPS) is 12.4. The number of imidazole rings is 1. The molecule has 0 aliphatic heterocycles. The Labute approximate surface area is 168 Å². The molecule has 1 atom stereocenters. The molecule has 6 heteroatoms. The van der Waals surface area contributed by atoms with Crippen LogP contribution in [0.4, 0.5) is 5.69 Å². The Bertz CT molecular complexity index is 1100. The topological polar surface area (TPSA) is 59.8 Å². The summed E-state index contributed by atoms with van der Waals surface area (Å²) in [4.78, 5) is 22.6. The van der Waals surface area contributed by atoms with E-state index in [1.54, 1.807) is 5.51 Å². The number of fused-ring (bicyclic) bond motifs is 1. The highest BCUT2D eigenvalue weighted by Gasteiger charge is 2.29. The van der Waals surface area contributed by atoms with Gasteiger partial charge in [-0.3, -0.25) is 4.79 Å². The first-order valence-electron chi connectivity index (χ1n) is 9.27. The molecular weight excluding hydrogens is 368 g/mol. The van der Waals surface area contributed by atoms with Crippen LogP contribution in [0.25, 0.3) is 22.6 Å². The van der Waals surface area contributed by atoms with Crippen molar-refractivity contribution in [1.82, 2.24) is 14.5 Å². The van der Waals surface area contributed by atoms with Crippen molar-refractivity contribution in [2.24, 2.45) is 5.92 Å². The molecule has 0 bridgehead atoms. The van der Waals surface area contributed by atoms with Crippen LogP contribution in [0.15, 0.2) is 59.4 Å². The number of benzene rings is 2. The molecule has 0 saturated heterocycles. The summed E-state index contributed by atoms with van der Waals surface area (Å²) in [6.07, 6.45) is 0. The maximum atomic E-state index is 13.3. The van der Waals surface area contributed by atoms with E-state index in [4.69, 9.17) is 4.98 Å². The summed E-state index contributed by atoms with van der Waals surface area (Å²) in [5.41, 5.74) is 6.32. The number of rotatable bonds is 5. The van der Waals surface area contributed by atoms with Gasteiger partial charge >= 0.3 is 0 Å². The average molecular weight is 391 g/mol. The number of aryl methyl sites for hydroxylation is 1. The molecule has 0 saturated carbocycles. The van der Waals surface area contributed by atoms with E-state index in [0.717, 1.165) is 33.8 Å². The second-order valence-electron chi connectivity index (χ2n) is 7.21. The molecule has 1 unspecified atom stereocenters. The van der Waals surface area contributed by atoms with Crippen molar-refractivity contribution < 1.29 is 4.79 Å². The number of nitrogens with one attached hydrogen (secondary N) is 1. The molecule has 4 aromatic rings. The number of anilines is 1. The maximum Gasteiger partial charge on any atom is 0.247 e. The molecule has 2 aromatic heterocycles. The lowest BCUT2D eigenvalue weighted by Crippen LogP contribution is -2.30. The largest absolute Gasteiger partial charge is 0.324 e. The Morgan fingerprint density at radius 2 is 1.86 bits per heavy atom. The van der Waals surface area contributed by atoms with Crippen molar-refractivity contribution in [3.8, 4) is 11.5 Å². The predicted octanol–water partition coefficient (Wildman–Crippen LogP) is 5.30. The van der Waals surface area contributed by atoms with E-state index in [1.165, 1.54) is 11.3 Å². The summed E-state index contributed by atoms with van der Waals surface area (Å²) < 4.78 is 2.03. The lowest BCUT2D eigenvalue weighted by Gasteiger charge is -2.24. The first-order valence-corrected chi connectivity index (χ1v) is 10.2. The molecule has 0 radical (unpaired) electrons. The van der Waals surface area contributed by atoms with Crippen molar-refractivity contribution >= 4 is 34.0 Å². The van der Waals surface area contributed by atoms with E-state index in [2.05, 4.69) is 24.1 Å². The zero-order chi connectivity index (χ0) is 19.7. The fraction of sp³-hybridized carbons (Fsp3) is 0.227. The molecule has 4 rings (SSSR count). The van der Waals surface area contributed by atoms with Gasteiger partial charge < -0.3 is 9.88 Å². The summed E-state index contributed by atoms with van der Waals surface area (Å²) in [5, 5.41) is 5.04. The molecule has 0 fully saturated rings. The van der Waals surface area contributed by atoms with Gasteiger partial charge in [-0.25, -0.2) is 9.97 Å². The van der Waals surface area contributed by atoms with Crippen molar-refractivity contribution in [1.29, 1.82) is 0 Å². The lowest BCUT2D eigenvalue weighted by atomic mass is 10.0. The predicted molar refractivity (Wildman–Crippen MR) is 115 cm³/mol. The van der Waals surface area contributed by atoms with Gasteiger partial charge in [0, 0.05) is 11.1 Å². The summed E-state index contributed by atoms with van der Waals surface area (Å²) in [5.74, 6) is 0.735. The number of carbonyl (C=O) groups is 1. The number of nitrogens with zero attached hydrogens (tertiary/aromatic N) is 3. The molecule has 1 amide bonds. The molecular formula is C22H22N4OS. The highest BCUT2D eigenvalue weighted by Crippen LogP contribution is 2.32. The molecule has 2 heterocycles. The van der Waals surface area contributed by atoms with E-state index < -0.39 is 6.04 Å². The second-order valence-corrected chi connectivity index (χ2v) is 7.93. The summed E-state index contributed by atoms with van der Waals surface area (Å²) in [6, 6.07) is 15.3. The first-order chi connectivity index (χ1) is 13.5. The van der Waals surface area contributed by atoms with Crippen molar-refractivity contribution in [2.45, 2.75) is 26.8 Å². The lowest BCUT2D eigenvalue weighted by molar-refractivity contribution is -0.120. The minimum atomic E-state index is -0.412. The van der Waals surface area contributed by atoms with Crippen LogP contribution in [0.3, 0.4) is 0 Å². The monoisotopic (exact) mass is 390 g/mol. The third kappa shape index (κ3) is 3.43. The quantitative estimate of drug-likeness (QED) is 0.503. The molecule has 0 aliphatic rings. The van der Waals surface area contributed by atoms with E-state index in [0.29, 0.717) is 0 Å². The van der Waals surface area contributed by atoms with Crippen molar-refractivity contribution in [2.75, 3.05) is 5.32 Å². The number of para-hydroxylation sites is 2. The van der Waals surface area contributed by atoms with Gasteiger partial charge in [0.15, 0.2) is 5.82 Å². The van der Waals surface area contributed by atoms with Crippen LogP contribution in [0.1, 0.15) is 25.5 Å². The summed E-state index contributed by atoms with van der Waals surface area (Å²) >= 11 is 1.52. The number of aromatic nitrogens is 3. The standard InChI is InChI=1S/C22H22N4OS/c1-14(2)20(22(27)24-16-10-8-15(3)9-11-16)26-19-7-5-4-6-17(19)25-21(26)18-12-28-13-23-18/h4-14,20H,1-3H3,(H,24,27). The number of hydrogen-bond donors (Lipinski definition) is 1. The third-order valence-electron chi connectivity index (χ3n) is 4.75. The zero-order valence-corrected chi connectivity index (χ0v) is 16.9. The van der Waals surface area contributed by atoms with Gasteiger partial charge in [-0.05, 0) is 37.1 Å². The molecule has 0 aliphatic carbocycles. The Morgan fingerprint density at radius 1 is 1.11 bits per heavy atom. The van der Waals surface area contributed by atoms with Crippen LogP contribution in [-0.4, -0.2) is 20.4 Å². The van der Waals surface area contributed by atoms with Gasteiger partial charge in [0.05, 0.1) is 16.5 Å². The number of hydrogen-bond acceptors (Lipinski definition) is 4. The fourth-order valence-electron chi connectivity index (χ4n) is 3.40. The SMILES string of the molecule is Cc1ccc(NC(=O)C(C(C)C)n2c(-c3cscn3)nc3ccccc32)cc1. The first kappa shape index (κ1) is 18.4. The average Bonchev–Trinajstić information content (AvgIpc) is 3.32.